The van der Waals surface area contributed by atoms with Crippen LogP contribution < -0.4 is 0 Å². The zero-order valence-electron chi connectivity index (χ0n) is 5.97. The summed E-state index contributed by atoms with van der Waals surface area (Å²) in [5, 5.41) is 9.37. The fraction of sp³-hybridized carbons (Fsp3) is 0.125. The van der Waals surface area contributed by atoms with E-state index in [0.717, 1.165) is 5.56 Å². The molecule has 0 heterocycles. The van der Waals surface area contributed by atoms with Gasteiger partial charge < -0.3 is 5.11 Å². The molecule has 0 aliphatic rings. The predicted octanol–water partition coefficient (Wildman–Crippen LogP) is 2.17. The van der Waals surface area contributed by atoms with Crippen LogP contribution in [0.4, 0.5) is 0 Å². The molecule has 0 saturated carbocycles. The monoisotopic (exact) mass is 170 g/mol. The van der Waals surface area contributed by atoms with E-state index in [0.29, 0.717) is 6.29 Å². The number of aldehydes is 1. The SMILES string of the molecule is Cc1cc(Cl)c(O)c(C=O)c1. The molecule has 0 bridgehead atoms. The number of carbonyl (C=O) groups is 1. The molecular formula is C8H7ClO2. The minimum atomic E-state index is -0.146. The van der Waals surface area contributed by atoms with Gasteiger partial charge in [0.15, 0.2) is 6.29 Å². The Labute approximate surface area is 69.4 Å². The number of phenols is 1. The summed E-state index contributed by atoms with van der Waals surface area (Å²) in [5.74, 6) is -0.146. The molecule has 0 unspecified atom stereocenters. The van der Waals surface area contributed by atoms with E-state index in [1.165, 1.54) is 0 Å². The van der Waals surface area contributed by atoms with Gasteiger partial charge in [0.05, 0.1) is 10.6 Å². The molecule has 0 radical (unpaired) electrons. The first-order valence-electron chi connectivity index (χ1n) is 3.09. The molecule has 0 saturated heterocycles. The topological polar surface area (TPSA) is 37.3 Å². The number of aromatic hydroxyl groups is 1. The second-order valence-electron chi connectivity index (χ2n) is 2.30. The maximum absolute atomic E-state index is 10.3. The average molecular weight is 171 g/mol. The number of carbonyl (C=O) groups excluding carboxylic acids is 1. The second kappa shape index (κ2) is 2.93. The Hall–Kier alpha value is -1.02. The fourth-order valence-electron chi connectivity index (χ4n) is 0.851. The highest BCUT2D eigenvalue weighted by atomic mass is 35.5. The van der Waals surface area contributed by atoms with Gasteiger partial charge in [0.1, 0.15) is 5.75 Å². The second-order valence-corrected chi connectivity index (χ2v) is 2.71. The molecule has 0 aliphatic carbocycles. The van der Waals surface area contributed by atoms with Gasteiger partial charge in [0.2, 0.25) is 0 Å². The summed E-state index contributed by atoms with van der Waals surface area (Å²) >= 11 is 5.59. The van der Waals surface area contributed by atoms with Gasteiger partial charge in [0.25, 0.3) is 0 Å². The van der Waals surface area contributed by atoms with Gasteiger partial charge in [-0.05, 0) is 24.6 Å². The number of aryl methyl sites for hydroxylation is 1. The third-order valence-corrected chi connectivity index (χ3v) is 1.65. The van der Waals surface area contributed by atoms with E-state index in [-0.39, 0.29) is 16.3 Å². The predicted molar refractivity (Wildman–Crippen MR) is 43.2 cm³/mol. The lowest BCUT2D eigenvalue weighted by Gasteiger charge is -2.00. The molecule has 1 aromatic carbocycles. The molecule has 1 N–H and O–H groups in total. The van der Waals surface area contributed by atoms with Crippen LogP contribution >= 0.6 is 11.6 Å². The Morgan fingerprint density at radius 3 is 2.73 bits per heavy atom. The highest BCUT2D eigenvalue weighted by Crippen LogP contribution is 2.27. The van der Waals surface area contributed by atoms with Gasteiger partial charge in [-0.25, -0.2) is 0 Å². The maximum atomic E-state index is 10.3. The Bertz CT molecular complexity index is 294. The summed E-state index contributed by atoms with van der Waals surface area (Å²) in [6.45, 7) is 1.80. The lowest BCUT2D eigenvalue weighted by Crippen LogP contribution is -1.83. The first-order chi connectivity index (χ1) is 5.15. The fourth-order valence-corrected chi connectivity index (χ4v) is 1.13. The van der Waals surface area contributed by atoms with Crippen LogP contribution in [0.25, 0.3) is 0 Å². The van der Waals surface area contributed by atoms with Gasteiger partial charge >= 0.3 is 0 Å². The summed E-state index contributed by atoms with van der Waals surface area (Å²) in [5.41, 5.74) is 1.09. The maximum Gasteiger partial charge on any atom is 0.153 e. The molecule has 0 aliphatic heterocycles. The summed E-state index contributed by atoms with van der Waals surface area (Å²) in [4.78, 5) is 10.3. The Morgan fingerprint density at radius 1 is 1.55 bits per heavy atom. The van der Waals surface area contributed by atoms with E-state index in [1.807, 2.05) is 0 Å². The standard InChI is InChI=1S/C8H7ClO2/c1-5-2-6(4-10)8(11)7(9)3-5/h2-4,11H,1H3. The molecule has 3 heteroatoms. The van der Waals surface area contributed by atoms with Crippen molar-refractivity contribution in [3.05, 3.63) is 28.3 Å². The number of hydrogen-bond acceptors (Lipinski definition) is 2. The summed E-state index contributed by atoms with van der Waals surface area (Å²) < 4.78 is 0. The van der Waals surface area contributed by atoms with Crippen molar-refractivity contribution in [3.8, 4) is 5.75 Å². The largest absolute Gasteiger partial charge is 0.506 e. The highest BCUT2D eigenvalue weighted by Gasteiger charge is 2.04. The number of rotatable bonds is 1. The van der Waals surface area contributed by atoms with Gasteiger partial charge in [0, 0.05) is 0 Å². The van der Waals surface area contributed by atoms with Crippen molar-refractivity contribution >= 4 is 17.9 Å². The minimum absolute atomic E-state index is 0.146. The van der Waals surface area contributed by atoms with Gasteiger partial charge in [-0.3, -0.25) is 4.79 Å². The van der Waals surface area contributed by atoms with E-state index in [2.05, 4.69) is 0 Å². The number of hydrogen-bond donors (Lipinski definition) is 1. The van der Waals surface area contributed by atoms with Crippen LogP contribution in [-0.4, -0.2) is 11.4 Å². The normalized spacial score (nSPS) is 9.64. The Kier molecular flexibility index (Phi) is 2.15. The van der Waals surface area contributed by atoms with E-state index >= 15 is 0 Å². The molecule has 0 spiro atoms. The zero-order chi connectivity index (χ0) is 8.43. The van der Waals surface area contributed by atoms with Gasteiger partial charge in [-0.1, -0.05) is 11.6 Å². The summed E-state index contributed by atoms with van der Waals surface area (Å²) in [6, 6.07) is 3.18. The third kappa shape index (κ3) is 1.52. The van der Waals surface area contributed by atoms with Crippen molar-refractivity contribution in [3.63, 3.8) is 0 Å². The Morgan fingerprint density at radius 2 is 2.18 bits per heavy atom. The van der Waals surface area contributed by atoms with Crippen LogP contribution in [0.15, 0.2) is 12.1 Å². The quantitative estimate of drug-likeness (QED) is 0.656. The molecular weight excluding hydrogens is 164 g/mol. The van der Waals surface area contributed by atoms with E-state index in [1.54, 1.807) is 19.1 Å². The van der Waals surface area contributed by atoms with Crippen LogP contribution in [-0.2, 0) is 0 Å². The van der Waals surface area contributed by atoms with E-state index < -0.39 is 0 Å². The first-order valence-corrected chi connectivity index (χ1v) is 3.47. The molecule has 0 amide bonds. The lowest BCUT2D eigenvalue weighted by molar-refractivity contribution is 0.112. The molecule has 0 atom stereocenters. The molecule has 1 aromatic rings. The zero-order valence-corrected chi connectivity index (χ0v) is 6.72. The lowest BCUT2D eigenvalue weighted by atomic mass is 10.1. The van der Waals surface area contributed by atoms with Gasteiger partial charge in [-0.2, -0.15) is 0 Å². The molecule has 0 fully saturated rings. The number of halogens is 1. The van der Waals surface area contributed by atoms with E-state index in [9.17, 15) is 4.79 Å². The van der Waals surface area contributed by atoms with Crippen molar-refractivity contribution in [2.24, 2.45) is 0 Å². The number of phenolic OH excluding ortho intramolecular Hbond substituents is 1. The first kappa shape index (κ1) is 8.08. The van der Waals surface area contributed by atoms with Crippen molar-refractivity contribution < 1.29 is 9.90 Å². The molecule has 0 aromatic heterocycles. The van der Waals surface area contributed by atoms with Gasteiger partial charge in [-0.15, -0.1) is 0 Å². The smallest absolute Gasteiger partial charge is 0.153 e. The molecule has 1 rings (SSSR count). The van der Waals surface area contributed by atoms with Crippen LogP contribution in [0.5, 0.6) is 5.75 Å². The molecule has 58 valence electrons. The minimum Gasteiger partial charge on any atom is -0.506 e. The van der Waals surface area contributed by atoms with Crippen LogP contribution in [0.3, 0.4) is 0 Å². The summed E-state index contributed by atoms with van der Waals surface area (Å²) in [6.07, 6.45) is 0.578. The van der Waals surface area contributed by atoms with Crippen LogP contribution in [0, 0.1) is 6.92 Å². The summed E-state index contributed by atoms with van der Waals surface area (Å²) in [7, 11) is 0. The van der Waals surface area contributed by atoms with Crippen molar-refractivity contribution in [2.75, 3.05) is 0 Å². The Balaban J connectivity index is 3.35. The number of benzene rings is 1. The van der Waals surface area contributed by atoms with Crippen molar-refractivity contribution in [1.29, 1.82) is 0 Å². The van der Waals surface area contributed by atoms with Crippen molar-refractivity contribution in [2.45, 2.75) is 6.92 Å². The van der Waals surface area contributed by atoms with Crippen molar-refractivity contribution in [1.82, 2.24) is 0 Å². The molecule has 2 nitrogen and oxygen atoms in total. The third-order valence-electron chi connectivity index (χ3n) is 1.36. The van der Waals surface area contributed by atoms with Crippen LogP contribution in [0.1, 0.15) is 15.9 Å². The highest BCUT2D eigenvalue weighted by molar-refractivity contribution is 6.32. The van der Waals surface area contributed by atoms with Crippen LogP contribution in [0.2, 0.25) is 5.02 Å². The average Bonchev–Trinajstić information content (AvgIpc) is 1.96. The van der Waals surface area contributed by atoms with E-state index in [4.69, 9.17) is 16.7 Å². The molecule has 11 heavy (non-hydrogen) atoms.